The number of nitrogens with one attached hydrogen (secondary N) is 1. The number of nitrogens with zero attached hydrogens (tertiary/aromatic N) is 3. The molecule has 1 aromatic heterocycles. The van der Waals surface area contributed by atoms with Gasteiger partial charge >= 0.3 is 0 Å². The van der Waals surface area contributed by atoms with Gasteiger partial charge in [0, 0.05) is 15.1 Å². The lowest BCUT2D eigenvalue weighted by atomic mass is 10.2. The van der Waals surface area contributed by atoms with Crippen molar-refractivity contribution in [1.29, 1.82) is 0 Å². The van der Waals surface area contributed by atoms with Crippen LogP contribution in [0, 0.1) is 0 Å². The Balaban J connectivity index is 1.59. The highest BCUT2D eigenvalue weighted by Crippen LogP contribution is 2.12. The maximum atomic E-state index is 12.1. The minimum absolute atomic E-state index is 0.323. The van der Waals surface area contributed by atoms with Crippen molar-refractivity contribution in [2.45, 2.75) is 6.54 Å². The molecule has 1 N–H and O–H groups in total. The number of benzene rings is 2. The number of carbonyl (C=O) groups excluding carboxylic acids is 1. The summed E-state index contributed by atoms with van der Waals surface area (Å²) in [7, 11) is 0. The van der Waals surface area contributed by atoms with Gasteiger partial charge in [-0.2, -0.15) is 10.2 Å². The quantitative estimate of drug-likeness (QED) is 0.456. The normalized spacial score (nSPS) is 11.0. The molecule has 0 radical (unpaired) electrons. The third-order valence-corrected chi connectivity index (χ3v) is 4.38. The molecule has 0 atom stereocenters. The summed E-state index contributed by atoms with van der Waals surface area (Å²) in [6, 6.07) is 17.3. The number of halogens is 2. The molecule has 7 heteroatoms. The summed E-state index contributed by atoms with van der Waals surface area (Å²) in [6.45, 7) is 0.599. The standard InChI is InChI=1S/C18H14Br2N4O/c19-15-6-4-13(5-7-15)12-24-9-8-17(23-24)18(25)22-21-11-14-2-1-3-16(20)10-14/h1-11H,12H2,(H,22,25)/b21-11-. The Kier molecular flexibility index (Phi) is 5.78. The Morgan fingerprint density at radius 2 is 1.92 bits per heavy atom. The molecule has 0 unspecified atom stereocenters. The van der Waals surface area contributed by atoms with Crippen LogP contribution < -0.4 is 5.43 Å². The minimum Gasteiger partial charge on any atom is -0.268 e. The van der Waals surface area contributed by atoms with Gasteiger partial charge in [-0.15, -0.1) is 0 Å². The van der Waals surface area contributed by atoms with Gasteiger partial charge in [0.25, 0.3) is 5.91 Å². The fraction of sp³-hybridized carbons (Fsp3) is 0.0556. The van der Waals surface area contributed by atoms with E-state index in [0.717, 1.165) is 20.1 Å². The lowest BCUT2D eigenvalue weighted by Gasteiger charge is -2.02. The molecular formula is C18H14Br2N4O. The van der Waals surface area contributed by atoms with Gasteiger partial charge in [-0.1, -0.05) is 56.1 Å². The first kappa shape index (κ1) is 17.6. The zero-order chi connectivity index (χ0) is 17.6. The lowest BCUT2D eigenvalue weighted by Crippen LogP contribution is -2.18. The molecule has 0 aliphatic rings. The van der Waals surface area contributed by atoms with Crippen molar-refractivity contribution in [2.75, 3.05) is 0 Å². The van der Waals surface area contributed by atoms with Gasteiger partial charge in [-0.3, -0.25) is 9.48 Å². The molecule has 0 bridgehead atoms. The number of rotatable bonds is 5. The SMILES string of the molecule is O=C(N/N=C\c1cccc(Br)c1)c1ccn(Cc2ccc(Br)cc2)n1. The third kappa shape index (κ3) is 5.11. The number of aromatic nitrogens is 2. The molecule has 25 heavy (non-hydrogen) atoms. The van der Waals surface area contributed by atoms with Crippen LogP contribution in [-0.4, -0.2) is 21.9 Å². The topological polar surface area (TPSA) is 59.3 Å². The number of carbonyl (C=O) groups is 1. The van der Waals surface area contributed by atoms with Gasteiger partial charge in [0.05, 0.1) is 12.8 Å². The van der Waals surface area contributed by atoms with Crippen LogP contribution in [0.1, 0.15) is 21.6 Å². The monoisotopic (exact) mass is 460 g/mol. The van der Waals surface area contributed by atoms with Gasteiger partial charge in [-0.25, -0.2) is 5.43 Å². The molecule has 5 nitrogen and oxygen atoms in total. The van der Waals surface area contributed by atoms with Crippen molar-refractivity contribution >= 4 is 44.0 Å². The van der Waals surface area contributed by atoms with Crippen molar-refractivity contribution in [3.63, 3.8) is 0 Å². The van der Waals surface area contributed by atoms with Crippen molar-refractivity contribution in [2.24, 2.45) is 5.10 Å². The Morgan fingerprint density at radius 3 is 2.68 bits per heavy atom. The summed E-state index contributed by atoms with van der Waals surface area (Å²) < 4.78 is 3.70. The number of hydrazone groups is 1. The van der Waals surface area contributed by atoms with E-state index in [4.69, 9.17) is 0 Å². The fourth-order valence-electron chi connectivity index (χ4n) is 2.16. The van der Waals surface area contributed by atoms with Crippen LogP contribution in [0.5, 0.6) is 0 Å². The van der Waals surface area contributed by atoms with E-state index in [1.54, 1.807) is 23.2 Å². The Morgan fingerprint density at radius 1 is 1.12 bits per heavy atom. The van der Waals surface area contributed by atoms with E-state index >= 15 is 0 Å². The molecule has 0 aliphatic heterocycles. The van der Waals surface area contributed by atoms with E-state index in [-0.39, 0.29) is 5.91 Å². The van der Waals surface area contributed by atoms with Gasteiger partial charge in [-0.05, 0) is 41.5 Å². The first-order valence-corrected chi connectivity index (χ1v) is 9.05. The van der Waals surface area contributed by atoms with Crippen molar-refractivity contribution in [3.05, 3.63) is 86.6 Å². The second-order valence-corrected chi connectivity index (χ2v) is 7.11. The van der Waals surface area contributed by atoms with E-state index in [1.165, 1.54) is 0 Å². The molecule has 3 aromatic rings. The molecule has 126 valence electrons. The number of hydrogen-bond acceptors (Lipinski definition) is 3. The molecule has 0 saturated carbocycles. The molecule has 1 amide bonds. The maximum Gasteiger partial charge on any atom is 0.291 e. The molecule has 0 aliphatic carbocycles. The van der Waals surface area contributed by atoms with Crippen LogP contribution >= 0.6 is 31.9 Å². The second kappa shape index (κ2) is 8.22. The van der Waals surface area contributed by atoms with Crippen molar-refractivity contribution in [1.82, 2.24) is 15.2 Å². The summed E-state index contributed by atoms with van der Waals surface area (Å²) in [5.74, 6) is -0.346. The van der Waals surface area contributed by atoms with Crippen LogP contribution in [-0.2, 0) is 6.54 Å². The van der Waals surface area contributed by atoms with E-state index in [9.17, 15) is 4.79 Å². The van der Waals surface area contributed by atoms with E-state index in [0.29, 0.717) is 12.2 Å². The average Bonchev–Trinajstić information content (AvgIpc) is 3.06. The summed E-state index contributed by atoms with van der Waals surface area (Å²) in [5, 5.41) is 8.24. The zero-order valence-corrected chi connectivity index (χ0v) is 16.2. The van der Waals surface area contributed by atoms with Crippen LogP contribution in [0.2, 0.25) is 0 Å². The second-order valence-electron chi connectivity index (χ2n) is 5.28. The van der Waals surface area contributed by atoms with E-state index in [2.05, 4.69) is 47.5 Å². The Labute approximate surface area is 162 Å². The molecular weight excluding hydrogens is 448 g/mol. The molecule has 0 fully saturated rings. The Bertz CT molecular complexity index is 903. The third-order valence-electron chi connectivity index (χ3n) is 3.36. The van der Waals surface area contributed by atoms with Crippen LogP contribution in [0.4, 0.5) is 0 Å². The van der Waals surface area contributed by atoms with E-state index < -0.39 is 0 Å². The molecule has 1 heterocycles. The predicted molar refractivity (Wildman–Crippen MR) is 105 cm³/mol. The van der Waals surface area contributed by atoms with Gasteiger partial charge < -0.3 is 0 Å². The maximum absolute atomic E-state index is 12.1. The van der Waals surface area contributed by atoms with Crippen LogP contribution in [0.15, 0.2) is 74.8 Å². The van der Waals surface area contributed by atoms with E-state index in [1.807, 2.05) is 48.5 Å². The highest BCUT2D eigenvalue weighted by atomic mass is 79.9. The van der Waals surface area contributed by atoms with Crippen LogP contribution in [0.3, 0.4) is 0 Å². The number of amides is 1. The summed E-state index contributed by atoms with van der Waals surface area (Å²) >= 11 is 6.80. The molecule has 2 aromatic carbocycles. The van der Waals surface area contributed by atoms with Crippen molar-refractivity contribution < 1.29 is 4.79 Å². The predicted octanol–water partition coefficient (Wildman–Crippen LogP) is 4.22. The number of hydrogen-bond donors (Lipinski definition) is 1. The highest BCUT2D eigenvalue weighted by Gasteiger charge is 2.08. The lowest BCUT2D eigenvalue weighted by molar-refractivity contribution is 0.0949. The average molecular weight is 462 g/mol. The molecule has 0 spiro atoms. The Hall–Kier alpha value is -2.25. The minimum atomic E-state index is -0.346. The van der Waals surface area contributed by atoms with Gasteiger partial charge in [0.2, 0.25) is 0 Å². The first-order valence-electron chi connectivity index (χ1n) is 7.47. The van der Waals surface area contributed by atoms with Gasteiger partial charge in [0.1, 0.15) is 0 Å². The smallest absolute Gasteiger partial charge is 0.268 e. The molecule has 0 saturated heterocycles. The fourth-order valence-corrected chi connectivity index (χ4v) is 2.84. The first-order chi connectivity index (χ1) is 12.1. The van der Waals surface area contributed by atoms with Gasteiger partial charge in [0.15, 0.2) is 5.69 Å². The van der Waals surface area contributed by atoms with Crippen molar-refractivity contribution in [3.8, 4) is 0 Å². The summed E-state index contributed by atoms with van der Waals surface area (Å²) in [6.07, 6.45) is 3.36. The summed E-state index contributed by atoms with van der Waals surface area (Å²) in [5.41, 5.74) is 4.79. The largest absolute Gasteiger partial charge is 0.291 e. The highest BCUT2D eigenvalue weighted by molar-refractivity contribution is 9.10. The molecule has 3 rings (SSSR count). The van der Waals surface area contributed by atoms with Crippen LogP contribution in [0.25, 0.3) is 0 Å². The summed E-state index contributed by atoms with van der Waals surface area (Å²) in [4.78, 5) is 12.1. The zero-order valence-electron chi connectivity index (χ0n) is 13.1.